The largest absolute Gasteiger partial charge is 0.384 e. The normalized spacial score (nSPS) is 11.3. The van der Waals surface area contributed by atoms with Crippen molar-refractivity contribution in [3.8, 4) is 0 Å². The van der Waals surface area contributed by atoms with Gasteiger partial charge < -0.3 is 5.32 Å². The summed E-state index contributed by atoms with van der Waals surface area (Å²) in [6, 6.07) is 13.9. The highest BCUT2D eigenvalue weighted by atomic mass is 32.2. The third-order valence-corrected chi connectivity index (χ3v) is 3.94. The van der Waals surface area contributed by atoms with Gasteiger partial charge in [0, 0.05) is 18.5 Å². The summed E-state index contributed by atoms with van der Waals surface area (Å²) in [5.74, 6) is -0.223. The highest BCUT2D eigenvalue weighted by Crippen LogP contribution is 2.18. The van der Waals surface area contributed by atoms with Gasteiger partial charge in [-0.25, -0.2) is 12.8 Å². The minimum atomic E-state index is -3.08. The lowest BCUT2D eigenvalue weighted by Gasteiger charge is -2.11. The highest BCUT2D eigenvalue weighted by molar-refractivity contribution is 7.89. The molecular weight excluding hydrogens is 289 g/mol. The minimum Gasteiger partial charge on any atom is -0.384 e. The van der Waals surface area contributed by atoms with Crippen LogP contribution in [-0.2, 0) is 22.0 Å². The molecule has 2 rings (SSSR count). The Balaban J connectivity index is 2.02. The van der Waals surface area contributed by atoms with E-state index in [4.69, 9.17) is 0 Å². The molecule has 0 aliphatic carbocycles. The van der Waals surface area contributed by atoms with E-state index < -0.39 is 9.84 Å². The molecule has 0 heterocycles. The predicted molar refractivity (Wildman–Crippen MR) is 83.6 cm³/mol. The Hall–Kier alpha value is -1.88. The fourth-order valence-electron chi connectivity index (χ4n) is 2.13. The summed E-state index contributed by atoms with van der Waals surface area (Å²) >= 11 is 0. The fraction of sp³-hybridized carbons (Fsp3) is 0.250. The SMILES string of the molecule is CS(=O)(=O)Cc1ccccc1NCCc1ccccc1F. The van der Waals surface area contributed by atoms with Crippen LogP contribution < -0.4 is 5.32 Å². The standard InChI is InChI=1S/C16H18FNO2S/c1-21(19,20)12-14-7-3-5-9-16(14)18-11-10-13-6-2-4-8-15(13)17/h2-9,18H,10-12H2,1H3. The van der Waals surface area contributed by atoms with Crippen LogP contribution in [0.5, 0.6) is 0 Å². The van der Waals surface area contributed by atoms with Crippen LogP contribution in [0.2, 0.25) is 0 Å². The first-order chi connectivity index (χ1) is 9.96. The first kappa shape index (κ1) is 15.5. The molecule has 2 aromatic rings. The average Bonchev–Trinajstić information content (AvgIpc) is 2.41. The number of anilines is 1. The van der Waals surface area contributed by atoms with Gasteiger partial charge in [-0.05, 0) is 29.7 Å². The lowest BCUT2D eigenvalue weighted by molar-refractivity contribution is 0.601. The van der Waals surface area contributed by atoms with Crippen LogP contribution in [0.3, 0.4) is 0 Å². The summed E-state index contributed by atoms with van der Waals surface area (Å²) in [6.45, 7) is 0.543. The summed E-state index contributed by atoms with van der Waals surface area (Å²) in [4.78, 5) is 0. The molecule has 21 heavy (non-hydrogen) atoms. The summed E-state index contributed by atoms with van der Waals surface area (Å²) in [5.41, 5.74) is 2.15. The van der Waals surface area contributed by atoms with Crippen LogP contribution in [0, 0.1) is 5.82 Å². The third-order valence-electron chi connectivity index (χ3n) is 3.10. The van der Waals surface area contributed by atoms with Gasteiger partial charge in [-0.3, -0.25) is 0 Å². The van der Waals surface area contributed by atoms with Crippen LogP contribution in [-0.4, -0.2) is 21.2 Å². The van der Waals surface area contributed by atoms with Crippen LogP contribution in [0.15, 0.2) is 48.5 Å². The number of sulfone groups is 1. The van der Waals surface area contributed by atoms with E-state index in [1.165, 1.54) is 12.3 Å². The van der Waals surface area contributed by atoms with Gasteiger partial charge in [-0.1, -0.05) is 36.4 Å². The summed E-state index contributed by atoms with van der Waals surface area (Å²) in [6.07, 6.45) is 1.75. The number of halogens is 1. The van der Waals surface area contributed by atoms with Crippen molar-refractivity contribution in [2.75, 3.05) is 18.1 Å². The summed E-state index contributed by atoms with van der Waals surface area (Å²) in [5, 5.41) is 3.18. The Labute approximate surface area is 124 Å². The topological polar surface area (TPSA) is 46.2 Å². The molecule has 0 saturated carbocycles. The molecule has 3 nitrogen and oxygen atoms in total. The Bertz CT molecular complexity index is 714. The lowest BCUT2D eigenvalue weighted by Crippen LogP contribution is -2.10. The number of hydrogen-bond acceptors (Lipinski definition) is 3. The predicted octanol–water partition coefficient (Wildman–Crippen LogP) is 3.02. The molecule has 0 aliphatic heterocycles. The maximum Gasteiger partial charge on any atom is 0.151 e. The van der Waals surface area contributed by atoms with Crippen LogP contribution >= 0.6 is 0 Å². The van der Waals surface area contributed by atoms with Crippen molar-refractivity contribution in [2.24, 2.45) is 0 Å². The van der Waals surface area contributed by atoms with E-state index in [0.717, 1.165) is 11.3 Å². The molecule has 0 amide bonds. The Morgan fingerprint density at radius 3 is 2.29 bits per heavy atom. The molecule has 2 aromatic carbocycles. The second kappa shape index (κ2) is 6.72. The number of nitrogens with one attached hydrogen (secondary N) is 1. The van der Waals surface area contributed by atoms with Crippen LogP contribution in [0.4, 0.5) is 10.1 Å². The molecule has 0 fully saturated rings. The molecule has 0 spiro atoms. The van der Waals surface area contributed by atoms with E-state index in [2.05, 4.69) is 5.32 Å². The molecular formula is C16H18FNO2S. The van der Waals surface area contributed by atoms with Crippen molar-refractivity contribution in [1.29, 1.82) is 0 Å². The van der Waals surface area contributed by atoms with Crippen LogP contribution in [0.1, 0.15) is 11.1 Å². The average molecular weight is 307 g/mol. The van der Waals surface area contributed by atoms with Gasteiger partial charge in [0.15, 0.2) is 9.84 Å². The van der Waals surface area contributed by atoms with E-state index in [1.807, 2.05) is 18.2 Å². The zero-order valence-electron chi connectivity index (χ0n) is 11.8. The Morgan fingerprint density at radius 2 is 1.62 bits per heavy atom. The van der Waals surface area contributed by atoms with Gasteiger partial charge in [0.1, 0.15) is 5.82 Å². The molecule has 0 atom stereocenters. The molecule has 0 radical (unpaired) electrons. The minimum absolute atomic E-state index is 0.00410. The summed E-state index contributed by atoms with van der Waals surface area (Å²) in [7, 11) is -3.08. The number of benzene rings is 2. The molecule has 1 N–H and O–H groups in total. The van der Waals surface area contributed by atoms with E-state index >= 15 is 0 Å². The number of rotatable bonds is 6. The first-order valence-corrected chi connectivity index (χ1v) is 8.75. The van der Waals surface area contributed by atoms with Crippen molar-refractivity contribution in [3.63, 3.8) is 0 Å². The molecule has 0 saturated heterocycles. The van der Waals surface area contributed by atoms with Gasteiger partial charge in [-0.2, -0.15) is 0 Å². The summed E-state index contributed by atoms with van der Waals surface area (Å²) < 4.78 is 36.3. The van der Waals surface area contributed by atoms with Crippen molar-refractivity contribution in [1.82, 2.24) is 0 Å². The smallest absolute Gasteiger partial charge is 0.151 e. The highest BCUT2D eigenvalue weighted by Gasteiger charge is 2.09. The van der Waals surface area contributed by atoms with Gasteiger partial charge in [-0.15, -0.1) is 0 Å². The van der Waals surface area contributed by atoms with E-state index in [0.29, 0.717) is 18.5 Å². The Morgan fingerprint density at radius 1 is 1.00 bits per heavy atom. The first-order valence-electron chi connectivity index (χ1n) is 6.68. The molecule has 0 aliphatic rings. The van der Waals surface area contributed by atoms with Crippen LogP contribution in [0.25, 0.3) is 0 Å². The maximum absolute atomic E-state index is 13.5. The van der Waals surface area contributed by atoms with E-state index in [-0.39, 0.29) is 11.6 Å². The van der Waals surface area contributed by atoms with Crippen molar-refractivity contribution in [3.05, 3.63) is 65.5 Å². The van der Waals surface area contributed by atoms with E-state index in [9.17, 15) is 12.8 Å². The second-order valence-electron chi connectivity index (χ2n) is 5.00. The van der Waals surface area contributed by atoms with Gasteiger partial charge in [0.25, 0.3) is 0 Å². The molecule has 0 unspecified atom stereocenters. The van der Waals surface area contributed by atoms with Gasteiger partial charge in [0.2, 0.25) is 0 Å². The molecule has 0 bridgehead atoms. The quantitative estimate of drug-likeness (QED) is 0.892. The monoisotopic (exact) mass is 307 g/mol. The van der Waals surface area contributed by atoms with E-state index in [1.54, 1.807) is 24.3 Å². The maximum atomic E-state index is 13.5. The van der Waals surface area contributed by atoms with Gasteiger partial charge >= 0.3 is 0 Å². The third kappa shape index (κ3) is 4.86. The molecule has 112 valence electrons. The second-order valence-corrected chi connectivity index (χ2v) is 7.14. The Kier molecular flexibility index (Phi) is 4.96. The number of hydrogen-bond donors (Lipinski definition) is 1. The zero-order valence-corrected chi connectivity index (χ0v) is 12.7. The lowest BCUT2D eigenvalue weighted by atomic mass is 10.1. The zero-order chi connectivity index (χ0) is 15.3. The van der Waals surface area contributed by atoms with Crippen molar-refractivity contribution >= 4 is 15.5 Å². The number of para-hydroxylation sites is 1. The van der Waals surface area contributed by atoms with Crippen molar-refractivity contribution in [2.45, 2.75) is 12.2 Å². The fourth-order valence-corrected chi connectivity index (χ4v) is 2.95. The molecule has 5 heteroatoms. The molecule has 0 aromatic heterocycles. The van der Waals surface area contributed by atoms with Gasteiger partial charge in [0.05, 0.1) is 5.75 Å². The van der Waals surface area contributed by atoms with Crippen molar-refractivity contribution < 1.29 is 12.8 Å².